The van der Waals surface area contributed by atoms with Gasteiger partial charge in [0.2, 0.25) is 0 Å². The van der Waals surface area contributed by atoms with Gasteiger partial charge < -0.3 is 10.6 Å². The summed E-state index contributed by atoms with van der Waals surface area (Å²) < 4.78 is 0. The largest absolute Gasteiger partial charge is 0.338 e. The van der Waals surface area contributed by atoms with Gasteiger partial charge in [0.15, 0.2) is 0 Å². The molecule has 3 nitrogen and oxygen atoms in total. The fraction of sp³-hybridized carbons (Fsp3) is 0.211. The molecule has 0 saturated heterocycles. The van der Waals surface area contributed by atoms with E-state index in [9.17, 15) is 4.79 Å². The van der Waals surface area contributed by atoms with E-state index >= 15 is 0 Å². The van der Waals surface area contributed by atoms with Crippen LogP contribution in [0.2, 0.25) is 0 Å². The summed E-state index contributed by atoms with van der Waals surface area (Å²) in [4.78, 5) is 11.7. The molecule has 2 amide bonds. The molecule has 0 atom stereocenters. The van der Waals surface area contributed by atoms with Crippen molar-refractivity contribution in [2.75, 3.05) is 6.54 Å². The number of hydrogen-bond acceptors (Lipinski definition) is 1. The summed E-state index contributed by atoms with van der Waals surface area (Å²) in [5, 5.41) is 5.57. The highest BCUT2D eigenvalue weighted by Crippen LogP contribution is 2.08. The van der Waals surface area contributed by atoms with Crippen LogP contribution in [0.15, 0.2) is 54.7 Å². The van der Waals surface area contributed by atoms with Crippen LogP contribution in [0, 0.1) is 13.8 Å². The quantitative estimate of drug-likeness (QED) is 0.865. The number of carbonyl (C=O) groups excluding carboxylic acids is 1. The number of aryl methyl sites for hydroxylation is 2. The van der Waals surface area contributed by atoms with Crippen LogP contribution in [-0.4, -0.2) is 12.6 Å². The molecule has 0 bridgehead atoms. The van der Waals surface area contributed by atoms with E-state index in [-0.39, 0.29) is 6.03 Å². The van der Waals surface area contributed by atoms with Crippen LogP contribution < -0.4 is 10.6 Å². The van der Waals surface area contributed by atoms with E-state index in [2.05, 4.69) is 41.8 Å². The molecule has 0 heterocycles. The molecule has 0 aliphatic rings. The summed E-state index contributed by atoms with van der Waals surface area (Å²) in [5.41, 5.74) is 4.75. The van der Waals surface area contributed by atoms with Gasteiger partial charge in [0.25, 0.3) is 0 Å². The third-order valence-electron chi connectivity index (χ3n) is 3.49. The number of amides is 2. The monoisotopic (exact) mass is 294 g/mol. The van der Waals surface area contributed by atoms with Crippen molar-refractivity contribution in [1.29, 1.82) is 0 Å². The molecule has 0 spiro atoms. The normalized spacial score (nSPS) is 10.6. The van der Waals surface area contributed by atoms with Gasteiger partial charge >= 0.3 is 6.03 Å². The van der Waals surface area contributed by atoms with Gasteiger partial charge in [-0.3, -0.25) is 0 Å². The van der Waals surface area contributed by atoms with E-state index in [1.807, 2.05) is 37.3 Å². The zero-order valence-electron chi connectivity index (χ0n) is 13.1. The van der Waals surface area contributed by atoms with Gasteiger partial charge in [0.05, 0.1) is 0 Å². The Hall–Kier alpha value is -2.55. The first-order valence-electron chi connectivity index (χ1n) is 7.47. The number of benzene rings is 2. The Morgan fingerprint density at radius 3 is 2.50 bits per heavy atom. The van der Waals surface area contributed by atoms with Gasteiger partial charge in [-0.15, -0.1) is 0 Å². The third kappa shape index (κ3) is 5.09. The van der Waals surface area contributed by atoms with Crippen molar-refractivity contribution < 1.29 is 4.79 Å². The van der Waals surface area contributed by atoms with Crippen LogP contribution >= 0.6 is 0 Å². The molecule has 0 saturated carbocycles. The zero-order chi connectivity index (χ0) is 15.8. The van der Waals surface area contributed by atoms with E-state index in [4.69, 9.17) is 0 Å². The molecule has 0 aliphatic carbocycles. The summed E-state index contributed by atoms with van der Waals surface area (Å²) in [7, 11) is 0. The second-order valence-corrected chi connectivity index (χ2v) is 5.33. The van der Waals surface area contributed by atoms with Crippen molar-refractivity contribution in [3.8, 4) is 0 Å². The molecule has 0 fully saturated rings. The Balaban J connectivity index is 1.72. The van der Waals surface area contributed by atoms with Gasteiger partial charge in [-0.05, 0) is 43.0 Å². The number of hydrogen-bond donors (Lipinski definition) is 2. The summed E-state index contributed by atoms with van der Waals surface area (Å²) in [6.45, 7) is 4.73. The highest BCUT2D eigenvalue weighted by Gasteiger charge is 1.98. The molecule has 2 N–H and O–H groups in total. The van der Waals surface area contributed by atoms with E-state index in [1.165, 1.54) is 16.7 Å². The van der Waals surface area contributed by atoms with Crippen molar-refractivity contribution in [3.63, 3.8) is 0 Å². The molecule has 3 heteroatoms. The van der Waals surface area contributed by atoms with Crippen LogP contribution in [-0.2, 0) is 6.42 Å². The summed E-state index contributed by atoms with van der Waals surface area (Å²) in [5.74, 6) is 0. The van der Waals surface area contributed by atoms with Gasteiger partial charge in [-0.25, -0.2) is 4.79 Å². The third-order valence-corrected chi connectivity index (χ3v) is 3.49. The Morgan fingerprint density at radius 2 is 1.77 bits per heavy atom. The molecule has 0 radical (unpaired) electrons. The van der Waals surface area contributed by atoms with Gasteiger partial charge in [-0.2, -0.15) is 0 Å². The second-order valence-electron chi connectivity index (χ2n) is 5.33. The first-order chi connectivity index (χ1) is 10.6. The smallest absolute Gasteiger partial charge is 0.318 e. The Kier molecular flexibility index (Phi) is 5.78. The van der Waals surface area contributed by atoms with Gasteiger partial charge in [0.1, 0.15) is 0 Å². The lowest BCUT2D eigenvalue weighted by Crippen LogP contribution is -2.33. The second kappa shape index (κ2) is 8.03. The van der Waals surface area contributed by atoms with Crippen LogP contribution in [0.3, 0.4) is 0 Å². The predicted molar refractivity (Wildman–Crippen MR) is 91.6 cm³/mol. The molecule has 2 rings (SSSR count). The summed E-state index contributed by atoms with van der Waals surface area (Å²) in [6.07, 6.45) is 4.40. The molecule has 0 aromatic heterocycles. The average molecular weight is 294 g/mol. The van der Waals surface area contributed by atoms with Crippen molar-refractivity contribution in [2.45, 2.75) is 20.3 Å². The maximum atomic E-state index is 11.7. The standard InChI is InChI=1S/C19H22N2O/c1-15-7-9-17(10-8-15)11-13-20-19(22)21-14-12-18-6-4-3-5-16(18)2/h3-10,12,14H,11,13H2,1-2H3,(H2,20,21,22)/b14-12+. The van der Waals surface area contributed by atoms with Gasteiger partial charge in [-0.1, -0.05) is 54.1 Å². The van der Waals surface area contributed by atoms with Crippen molar-refractivity contribution in [2.24, 2.45) is 0 Å². The minimum atomic E-state index is -0.183. The van der Waals surface area contributed by atoms with Crippen molar-refractivity contribution in [3.05, 3.63) is 77.0 Å². The zero-order valence-corrected chi connectivity index (χ0v) is 13.1. The average Bonchev–Trinajstić information content (AvgIpc) is 2.51. The fourth-order valence-corrected chi connectivity index (χ4v) is 2.11. The Labute approximate surface area is 132 Å². The van der Waals surface area contributed by atoms with Gasteiger partial charge in [0, 0.05) is 12.7 Å². The SMILES string of the molecule is Cc1ccc(CCNC(=O)N/C=C/c2ccccc2C)cc1. The molecule has 0 aliphatic heterocycles. The van der Waals surface area contributed by atoms with Crippen molar-refractivity contribution in [1.82, 2.24) is 10.6 Å². The lowest BCUT2D eigenvalue weighted by molar-refractivity contribution is 0.244. The lowest BCUT2D eigenvalue weighted by atomic mass is 10.1. The topological polar surface area (TPSA) is 41.1 Å². The maximum absolute atomic E-state index is 11.7. The predicted octanol–water partition coefficient (Wildman–Crippen LogP) is 3.82. The minimum absolute atomic E-state index is 0.183. The number of nitrogens with one attached hydrogen (secondary N) is 2. The number of carbonyl (C=O) groups is 1. The highest BCUT2D eigenvalue weighted by atomic mass is 16.2. The van der Waals surface area contributed by atoms with Crippen molar-refractivity contribution >= 4 is 12.1 Å². The minimum Gasteiger partial charge on any atom is -0.338 e. The number of urea groups is 1. The molecule has 22 heavy (non-hydrogen) atoms. The van der Waals surface area contributed by atoms with E-state index in [0.29, 0.717) is 6.54 Å². The van der Waals surface area contributed by atoms with Crippen LogP contribution in [0.1, 0.15) is 22.3 Å². The molecular formula is C19H22N2O. The van der Waals surface area contributed by atoms with E-state index in [0.717, 1.165) is 12.0 Å². The van der Waals surface area contributed by atoms with E-state index in [1.54, 1.807) is 6.20 Å². The number of rotatable bonds is 5. The Morgan fingerprint density at radius 1 is 1.05 bits per heavy atom. The Bertz CT molecular complexity index is 645. The molecule has 0 unspecified atom stereocenters. The summed E-state index contributed by atoms with van der Waals surface area (Å²) >= 11 is 0. The maximum Gasteiger partial charge on any atom is 0.318 e. The first-order valence-corrected chi connectivity index (χ1v) is 7.47. The highest BCUT2D eigenvalue weighted by molar-refractivity contribution is 5.76. The summed E-state index contributed by atoms with van der Waals surface area (Å²) in [6, 6.07) is 16.2. The van der Waals surface area contributed by atoms with Crippen LogP contribution in [0.5, 0.6) is 0 Å². The molecule has 2 aromatic carbocycles. The molecule has 2 aromatic rings. The first kappa shape index (κ1) is 15.8. The molecule has 114 valence electrons. The lowest BCUT2D eigenvalue weighted by Gasteiger charge is -2.05. The van der Waals surface area contributed by atoms with Crippen LogP contribution in [0.4, 0.5) is 4.79 Å². The fourth-order valence-electron chi connectivity index (χ4n) is 2.11. The molecular weight excluding hydrogens is 272 g/mol. The van der Waals surface area contributed by atoms with Crippen LogP contribution in [0.25, 0.3) is 6.08 Å². The van der Waals surface area contributed by atoms with E-state index < -0.39 is 0 Å².